The van der Waals surface area contributed by atoms with Gasteiger partial charge in [0, 0.05) is 29.2 Å². The van der Waals surface area contributed by atoms with Gasteiger partial charge in [-0.15, -0.1) is 0 Å². The van der Waals surface area contributed by atoms with E-state index in [0.29, 0.717) is 18.6 Å². The van der Waals surface area contributed by atoms with Crippen LogP contribution >= 0.6 is 0 Å². The average molecular weight is 605 g/mol. The van der Waals surface area contributed by atoms with Crippen LogP contribution in [-0.2, 0) is 23.9 Å². The van der Waals surface area contributed by atoms with Crippen LogP contribution in [0, 0.1) is 5.41 Å². The van der Waals surface area contributed by atoms with E-state index in [1.54, 1.807) is 6.92 Å². The number of carbonyl (C=O) groups excluding carboxylic acids is 1. The summed E-state index contributed by atoms with van der Waals surface area (Å²) >= 11 is 0. The molecule has 0 rings (SSSR count). The first-order valence-electron chi connectivity index (χ1n) is 14.0. The van der Waals surface area contributed by atoms with Crippen LogP contribution in [0.1, 0.15) is 91.4 Å². The molecule has 0 aromatic carbocycles. The Kier molecular flexibility index (Phi) is 43.5. The molecule has 0 heterocycles. The van der Waals surface area contributed by atoms with Crippen LogP contribution in [0.15, 0.2) is 50.1 Å². The van der Waals surface area contributed by atoms with Gasteiger partial charge in [-0.25, -0.2) is 19.2 Å². The van der Waals surface area contributed by atoms with Crippen LogP contribution in [0.4, 0.5) is 0 Å². The first kappa shape index (κ1) is 48.5. The number of ether oxygens (including phenoxy) is 1. The van der Waals surface area contributed by atoms with Gasteiger partial charge in [-0.05, 0) is 19.8 Å². The maximum Gasteiger partial charge on any atom is 0.333 e. The molecule has 11 heteroatoms. The molecule has 0 unspecified atom stereocenters. The topological polar surface area (TPSA) is 199 Å². The minimum absolute atomic E-state index is 0.156. The highest BCUT2D eigenvalue weighted by atomic mass is 16.5. The Balaban J connectivity index is -0.000000157. The van der Waals surface area contributed by atoms with Crippen molar-refractivity contribution in [3.63, 3.8) is 0 Å². The SMILES string of the molecule is C=C(C)C(=O)OCCCCCCCCCCCC.C=CC(=O)O.C=CC(=O)O.C=CC(=O)O.CCC(CO)(CO)CO. The number of unbranched alkanes of at least 4 members (excludes halogenated alkanes) is 9. The van der Waals surface area contributed by atoms with Crippen LogP contribution < -0.4 is 0 Å². The third-order valence-corrected chi connectivity index (χ3v) is 5.36. The molecule has 0 aliphatic heterocycles. The average Bonchev–Trinajstić information content (AvgIpc) is 2.98. The molecule has 6 N–H and O–H groups in total. The Labute approximate surface area is 251 Å². The predicted octanol–water partition coefficient (Wildman–Crippen LogP) is 5.16. The standard InChI is InChI=1S/C16H30O2.C6H14O3.3C3H4O2/c1-4-5-6-7-8-9-10-11-12-13-14-18-16(17)15(2)3;1-2-6(3-7,4-8)5-9;3*1-2-3(4)5/h2,4-14H2,1,3H3;7-9H,2-5H2,1H3;3*2H,1H2,(H,4,5). The summed E-state index contributed by atoms with van der Waals surface area (Å²) in [6.45, 7) is 18.3. The summed E-state index contributed by atoms with van der Waals surface area (Å²) in [5.41, 5.74) is -0.179. The monoisotopic (exact) mass is 604 g/mol. The molecule has 0 atom stereocenters. The minimum Gasteiger partial charge on any atom is -0.478 e. The highest BCUT2D eigenvalue weighted by Gasteiger charge is 2.24. The maximum absolute atomic E-state index is 11.1. The van der Waals surface area contributed by atoms with Crippen molar-refractivity contribution in [3.8, 4) is 0 Å². The summed E-state index contributed by atoms with van der Waals surface area (Å²) in [7, 11) is 0. The molecule has 0 aromatic heterocycles. The van der Waals surface area contributed by atoms with E-state index in [0.717, 1.165) is 24.6 Å². The molecule has 0 spiro atoms. The van der Waals surface area contributed by atoms with Crippen LogP contribution in [0.2, 0.25) is 0 Å². The minimum atomic E-state index is -0.981. The molecule has 42 heavy (non-hydrogen) atoms. The number of aliphatic hydroxyl groups is 3. The van der Waals surface area contributed by atoms with Gasteiger partial charge in [0.05, 0.1) is 26.4 Å². The van der Waals surface area contributed by atoms with Crippen molar-refractivity contribution in [2.75, 3.05) is 26.4 Å². The number of carbonyl (C=O) groups is 4. The summed E-state index contributed by atoms with van der Waals surface area (Å²) in [5.74, 6) is -3.20. The molecule has 0 amide bonds. The van der Waals surface area contributed by atoms with E-state index in [-0.39, 0.29) is 25.8 Å². The van der Waals surface area contributed by atoms with Crippen LogP contribution in [-0.4, -0.2) is 80.9 Å². The summed E-state index contributed by atoms with van der Waals surface area (Å²) in [6, 6.07) is 0. The van der Waals surface area contributed by atoms with Gasteiger partial charge in [-0.1, -0.05) is 98.0 Å². The lowest BCUT2D eigenvalue weighted by molar-refractivity contribution is -0.139. The third-order valence-electron chi connectivity index (χ3n) is 5.36. The van der Waals surface area contributed by atoms with Gasteiger partial charge in [0.15, 0.2) is 0 Å². The van der Waals surface area contributed by atoms with E-state index in [1.807, 2.05) is 6.92 Å². The zero-order valence-corrected chi connectivity index (χ0v) is 25.9. The molecule has 246 valence electrons. The number of aliphatic hydroxyl groups excluding tert-OH is 3. The fourth-order valence-corrected chi connectivity index (χ4v) is 2.36. The molecule has 0 aliphatic carbocycles. The van der Waals surface area contributed by atoms with E-state index in [2.05, 4.69) is 33.2 Å². The van der Waals surface area contributed by atoms with E-state index < -0.39 is 23.3 Å². The molecule has 0 bridgehead atoms. The molecular weight excluding hydrogens is 548 g/mol. The van der Waals surface area contributed by atoms with Crippen molar-refractivity contribution in [1.29, 1.82) is 0 Å². The molecule has 0 fully saturated rings. The van der Waals surface area contributed by atoms with Gasteiger partial charge in [-0.2, -0.15) is 0 Å². The molecule has 0 saturated heterocycles. The predicted molar refractivity (Wildman–Crippen MR) is 165 cm³/mol. The van der Waals surface area contributed by atoms with Crippen molar-refractivity contribution in [2.45, 2.75) is 91.4 Å². The van der Waals surface area contributed by atoms with Gasteiger partial charge in [0.25, 0.3) is 0 Å². The smallest absolute Gasteiger partial charge is 0.333 e. The Morgan fingerprint density at radius 1 is 0.643 bits per heavy atom. The molecular formula is C31H56O11. The zero-order chi connectivity index (χ0) is 33.8. The number of hydrogen-bond acceptors (Lipinski definition) is 8. The number of carboxylic acid groups (broad SMARTS) is 3. The first-order chi connectivity index (χ1) is 19.7. The summed E-state index contributed by atoms with van der Waals surface area (Å²) in [6.07, 6.45) is 16.1. The van der Waals surface area contributed by atoms with Crippen LogP contribution in [0.25, 0.3) is 0 Å². The molecule has 0 saturated carbocycles. The highest BCUT2D eigenvalue weighted by Crippen LogP contribution is 2.18. The van der Waals surface area contributed by atoms with Gasteiger partial charge < -0.3 is 35.4 Å². The summed E-state index contributed by atoms with van der Waals surface area (Å²) < 4.78 is 5.04. The van der Waals surface area contributed by atoms with Crippen molar-refractivity contribution in [2.24, 2.45) is 5.41 Å². The Morgan fingerprint density at radius 3 is 1.12 bits per heavy atom. The van der Waals surface area contributed by atoms with E-state index >= 15 is 0 Å². The van der Waals surface area contributed by atoms with Crippen molar-refractivity contribution >= 4 is 23.9 Å². The number of hydrogen-bond donors (Lipinski definition) is 6. The van der Waals surface area contributed by atoms with E-state index in [9.17, 15) is 19.2 Å². The Morgan fingerprint density at radius 2 is 0.929 bits per heavy atom. The van der Waals surface area contributed by atoms with Crippen LogP contribution in [0.5, 0.6) is 0 Å². The van der Waals surface area contributed by atoms with Crippen molar-refractivity contribution in [3.05, 3.63) is 50.1 Å². The number of aliphatic carboxylic acids is 3. The third kappa shape index (κ3) is 46.6. The normalized spacial score (nSPS) is 9.29. The molecule has 0 aromatic rings. The molecule has 0 radical (unpaired) electrons. The Bertz CT molecular complexity index is 666. The largest absolute Gasteiger partial charge is 0.478 e. The lowest BCUT2D eigenvalue weighted by Crippen LogP contribution is -2.32. The van der Waals surface area contributed by atoms with E-state index in [4.69, 9.17) is 35.4 Å². The zero-order valence-electron chi connectivity index (χ0n) is 25.9. The van der Waals surface area contributed by atoms with Gasteiger partial charge >= 0.3 is 23.9 Å². The fourth-order valence-electron chi connectivity index (χ4n) is 2.36. The second-order valence-electron chi connectivity index (χ2n) is 9.05. The van der Waals surface area contributed by atoms with Gasteiger partial charge in [0.1, 0.15) is 0 Å². The second-order valence-corrected chi connectivity index (χ2v) is 9.05. The molecule has 11 nitrogen and oxygen atoms in total. The number of rotatable bonds is 19. The number of carboxylic acids is 3. The molecule has 0 aliphatic rings. The van der Waals surface area contributed by atoms with Gasteiger partial charge in [-0.3, -0.25) is 0 Å². The number of esters is 1. The fraction of sp³-hybridized carbons (Fsp3) is 0.613. The Hall–Kier alpha value is -3.28. The first-order valence-corrected chi connectivity index (χ1v) is 14.0. The maximum atomic E-state index is 11.1. The summed E-state index contributed by atoms with van der Waals surface area (Å²) in [4.78, 5) is 38.8. The second kappa shape index (κ2) is 37.7. The van der Waals surface area contributed by atoms with Crippen molar-refractivity contribution < 1.29 is 54.6 Å². The lowest BCUT2D eigenvalue weighted by atomic mass is 9.88. The highest BCUT2D eigenvalue weighted by molar-refractivity contribution is 5.86. The quantitative estimate of drug-likeness (QED) is 0.0646. The van der Waals surface area contributed by atoms with Crippen LogP contribution in [0.3, 0.4) is 0 Å². The van der Waals surface area contributed by atoms with E-state index in [1.165, 1.54) is 57.8 Å². The van der Waals surface area contributed by atoms with Crippen molar-refractivity contribution in [1.82, 2.24) is 0 Å². The van der Waals surface area contributed by atoms with Gasteiger partial charge in [0.2, 0.25) is 0 Å². The summed E-state index contributed by atoms with van der Waals surface area (Å²) in [5, 5.41) is 48.8. The lowest BCUT2D eigenvalue weighted by Gasteiger charge is -2.24.